The van der Waals surface area contributed by atoms with Crippen LogP contribution in [0.1, 0.15) is 26.0 Å². The molecule has 0 bridgehead atoms. The molecule has 0 aliphatic rings. The maximum absolute atomic E-state index is 11.5. The second-order valence-corrected chi connectivity index (χ2v) is 4.06. The van der Waals surface area contributed by atoms with Crippen LogP contribution in [-0.2, 0) is 11.2 Å². The van der Waals surface area contributed by atoms with Gasteiger partial charge in [0.2, 0.25) is 0 Å². The Bertz CT molecular complexity index is 373. The van der Waals surface area contributed by atoms with Crippen LogP contribution in [0.4, 0.5) is 0 Å². The van der Waals surface area contributed by atoms with E-state index < -0.39 is 0 Å². The van der Waals surface area contributed by atoms with Crippen LogP contribution in [0.15, 0.2) is 36.7 Å². The quantitative estimate of drug-likeness (QED) is 0.784. The molecule has 17 heavy (non-hydrogen) atoms. The molecule has 0 aromatic carbocycles. The van der Waals surface area contributed by atoms with E-state index in [4.69, 9.17) is 0 Å². The van der Waals surface area contributed by atoms with Crippen molar-refractivity contribution < 1.29 is 4.79 Å². The van der Waals surface area contributed by atoms with E-state index in [1.54, 1.807) is 6.20 Å². The molecule has 1 atom stereocenters. The molecule has 0 saturated carbocycles. The van der Waals surface area contributed by atoms with Crippen molar-refractivity contribution in [3.8, 4) is 0 Å². The van der Waals surface area contributed by atoms with Crippen molar-refractivity contribution in [1.82, 2.24) is 10.3 Å². The summed E-state index contributed by atoms with van der Waals surface area (Å²) < 4.78 is 0. The third kappa shape index (κ3) is 4.39. The number of nitrogens with zero attached hydrogens (tertiary/aromatic N) is 1. The van der Waals surface area contributed by atoms with E-state index in [9.17, 15) is 4.79 Å². The number of pyridine rings is 1. The van der Waals surface area contributed by atoms with Crippen LogP contribution >= 0.6 is 0 Å². The summed E-state index contributed by atoms with van der Waals surface area (Å²) in [6, 6.07) is 5.86. The second kappa shape index (κ2) is 6.84. The fourth-order valence-electron chi connectivity index (χ4n) is 1.55. The van der Waals surface area contributed by atoms with E-state index in [0.29, 0.717) is 6.42 Å². The molecule has 92 valence electrons. The number of hydrogen-bond donors (Lipinski definition) is 1. The van der Waals surface area contributed by atoms with Crippen molar-refractivity contribution in [1.29, 1.82) is 0 Å². The van der Waals surface area contributed by atoms with Gasteiger partial charge in [0.25, 0.3) is 0 Å². The number of carbonyl (C=O) groups is 1. The number of allylic oxidation sites excluding steroid dienone is 1. The van der Waals surface area contributed by atoms with Gasteiger partial charge in [-0.05, 0) is 19.1 Å². The van der Waals surface area contributed by atoms with Gasteiger partial charge in [0.05, 0.1) is 5.92 Å². The van der Waals surface area contributed by atoms with Crippen LogP contribution in [0.5, 0.6) is 0 Å². The normalized spacial score (nSPS) is 11.9. The van der Waals surface area contributed by atoms with Gasteiger partial charge in [0.1, 0.15) is 5.78 Å². The molecular formula is C14H20N2O. The average Bonchev–Trinajstić information content (AvgIpc) is 2.38. The first kappa shape index (κ1) is 13.4. The number of hydrogen-bond acceptors (Lipinski definition) is 3. The standard InChI is InChI=1S/C14H20N2O/c1-4-14(17)11(2)12(3)15-10-8-13-7-5-6-9-16-13/h5-7,9,11,15H,3-4,8,10H2,1-2H3. The molecule has 0 aliphatic carbocycles. The van der Waals surface area contributed by atoms with Crippen molar-refractivity contribution in [2.45, 2.75) is 26.7 Å². The largest absolute Gasteiger partial charge is 0.388 e. The van der Waals surface area contributed by atoms with E-state index in [0.717, 1.165) is 24.4 Å². The Morgan fingerprint density at radius 1 is 1.53 bits per heavy atom. The number of ketones is 1. The average molecular weight is 232 g/mol. The molecule has 0 radical (unpaired) electrons. The number of nitrogens with one attached hydrogen (secondary N) is 1. The Morgan fingerprint density at radius 3 is 2.88 bits per heavy atom. The summed E-state index contributed by atoms with van der Waals surface area (Å²) in [5, 5.41) is 3.19. The maximum Gasteiger partial charge on any atom is 0.141 e. The molecule has 1 aromatic heterocycles. The van der Waals surface area contributed by atoms with Crippen molar-refractivity contribution in [2.24, 2.45) is 5.92 Å². The van der Waals surface area contributed by atoms with E-state index >= 15 is 0 Å². The third-order valence-corrected chi connectivity index (χ3v) is 2.81. The van der Waals surface area contributed by atoms with Crippen LogP contribution < -0.4 is 5.32 Å². The van der Waals surface area contributed by atoms with Crippen molar-refractivity contribution in [3.05, 3.63) is 42.4 Å². The van der Waals surface area contributed by atoms with Gasteiger partial charge in [0.15, 0.2) is 0 Å². The summed E-state index contributed by atoms with van der Waals surface area (Å²) in [5.74, 6) is 0.115. The van der Waals surface area contributed by atoms with E-state index in [-0.39, 0.29) is 11.7 Å². The van der Waals surface area contributed by atoms with E-state index in [1.165, 1.54) is 0 Å². The summed E-state index contributed by atoms with van der Waals surface area (Å²) in [4.78, 5) is 15.7. The Kier molecular flexibility index (Phi) is 5.40. The van der Waals surface area contributed by atoms with Crippen molar-refractivity contribution in [2.75, 3.05) is 6.54 Å². The first-order chi connectivity index (χ1) is 8.15. The Morgan fingerprint density at radius 2 is 2.29 bits per heavy atom. The molecular weight excluding hydrogens is 212 g/mol. The molecule has 3 nitrogen and oxygen atoms in total. The first-order valence-electron chi connectivity index (χ1n) is 6.00. The molecule has 1 unspecified atom stereocenters. The van der Waals surface area contributed by atoms with Gasteiger partial charge in [-0.2, -0.15) is 0 Å². The molecule has 0 amide bonds. The van der Waals surface area contributed by atoms with Gasteiger partial charge in [-0.15, -0.1) is 0 Å². The lowest BCUT2D eigenvalue weighted by molar-refractivity contribution is -0.121. The fraction of sp³-hybridized carbons (Fsp3) is 0.429. The van der Waals surface area contributed by atoms with Gasteiger partial charge in [-0.1, -0.05) is 19.6 Å². The smallest absolute Gasteiger partial charge is 0.141 e. The molecule has 1 heterocycles. The monoisotopic (exact) mass is 232 g/mol. The second-order valence-electron chi connectivity index (χ2n) is 4.06. The van der Waals surface area contributed by atoms with Crippen LogP contribution in [0.2, 0.25) is 0 Å². The fourth-order valence-corrected chi connectivity index (χ4v) is 1.55. The van der Waals surface area contributed by atoms with Crippen LogP contribution in [0, 0.1) is 5.92 Å². The van der Waals surface area contributed by atoms with E-state index in [2.05, 4.69) is 16.9 Å². The number of rotatable bonds is 7. The zero-order valence-corrected chi connectivity index (χ0v) is 10.6. The van der Waals surface area contributed by atoms with Gasteiger partial charge >= 0.3 is 0 Å². The van der Waals surface area contributed by atoms with Gasteiger partial charge in [-0.25, -0.2) is 0 Å². The predicted molar refractivity (Wildman–Crippen MR) is 69.5 cm³/mol. The molecule has 0 fully saturated rings. The summed E-state index contributed by atoms with van der Waals surface area (Å²) in [6.07, 6.45) is 3.18. The lowest BCUT2D eigenvalue weighted by Gasteiger charge is -2.14. The van der Waals surface area contributed by atoms with E-state index in [1.807, 2.05) is 32.0 Å². The first-order valence-corrected chi connectivity index (χ1v) is 6.00. The highest BCUT2D eigenvalue weighted by Gasteiger charge is 2.13. The SMILES string of the molecule is C=C(NCCc1ccccn1)C(C)C(=O)CC. The van der Waals surface area contributed by atoms with Gasteiger partial charge < -0.3 is 5.32 Å². The molecule has 0 saturated heterocycles. The summed E-state index contributed by atoms with van der Waals surface area (Å²) in [5.41, 5.74) is 1.84. The van der Waals surface area contributed by atoms with Crippen LogP contribution in [0.25, 0.3) is 0 Å². The predicted octanol–water partition coefficient (Wildman–Crippen LogP) is 2.34. The lowest BCUT2D eigenvalue weighted by Crippen LogP contribution is -2.25. The molecule has 0 aliphatic heterocycles. The van der Waals surface area contributed by atoms with Crippen LogP contribution in [0.3, 0.4) is 0 Å². The zero-order chi connectivity index (χ0) is 12.7. The lowest BCUT2D eigenvalue weighted by atomic mass is 10.0. The topological polar surface area (TPSA) is 42.0 Å². The molecule has 3 heteroatoms. The highest BCUT2D eigenvalue weighted by Crippen LogP contribution is 2.08. The number of aromatic nitrogens is 1. The Balaban J connectivity index is 2.32. The molecule has 1 aromatic rings. The molecule has 0 spiro atoms. The van der Waals surface area contributed by atoms with Crippen molar-refractivity contribution >= 4 is 5.78 Å². The van der Waals surface area contributed by atoms with Crippen molar-refractivity contribution in [3.63, 3.8) is 0 Å². The van der Waals surface area contributed by atoms with Crippen LogP contribution in [-0.4, -0.2) is 17.3 Å². The number of Topliss-reactive ketones (excluding diaryl/α,β-unsaturated/α-hetero) is 1. The zero-order valence-electron chi connectivity index (χ0n) is 10.6. The summed E-state index contributed by atoms with van der Waals surface area (Å²) >= 11 is 0. The minimum Gasteiger partial charge on any atom is -0.388 e. The highest BCUT2D eigenvalue weighted by molar-refractivity contribution is 5.82. The summed E-state index contributed by atoms with van der Waals surface area (Å²) in [7, 11) is 0. The molecule has 1 N–H and O–H groups in total. The minimum absolute atomic E-state index is 0.108. The molecule has 1 rings (SSSR count). The number of carbonyl (C=O) groups excluding carboxylic acids is 1. The van der Waals surface area contributed by atoms with Gasteiger partial charge in [0, 0.05) is 37.0 Å². The Labute approximate surface area is 103 Å². The summed E-state index contributed by atoms with van der Waals surface area (Å²) in [6.45, 7) is 8.43. The van der Waals surface area contributed by atoms with Gasteiger partial charge in [-0.3, -0.25) is 9.78 Å². The highest BCUT2D eigenvalue weighted by atomic mass is 16.1. The minimum atomic E-state index is -0.108. The third-order valence-electron chi connectivity index (χ3n) is 2.81. The Hall–Kier alpha value is -1.64. The maximum atomic E-state index is 11.5.